The number of ether oxygens (including phenoxy) is 1. The zero-order valence-corrected chi connectivity index (χ0v) is 50.2. The number of carbonyl (C=O) groups is 2. The van der Waals surface area contributed by atoms with Gasteiger partial charge in [0.15, 0.2) is 0 Å². The first-order valence-corrected chi connectivity index (χ1v) is 32.0. The Hall–Kier alpha value is -11.3. The van der Waals surface area contributed by atoms with Crippen molar-refractivity contribution in [3.05, 3.63) is 250 Å². The third kappa shape index (κ3) is 12.9. The summed E-state index contributed by atoms with van der Waals surface area (Å²) in [6, 6.07) is 71.0. The van der Waals surface area contributed by atoms with E-state index >= 15 is 0 Å². The molecule has 0 atom stereocenters. The fourth-order valence-corrected chi connectivity index (χ4v) is 11.1. The van der Waals surface area contributed by atoms with Crippen molar-refractivity contribution >= 4 is 174 Å². The van der Waals surface area contributed by atoms with Crippen molar-refractivity contribution < 1.29 is 52.9 Å². The van der Waals surface area contributed by atoms with Crippen LogP contribution in [0.2, 0.25) is 0 Å². The number of benzene rings is 12. The monoisotopic (exact) mass is 1270 g/mol. The van der Waals surface area contributed by atoms with Gasteiger partial charge in [-0.1, -0.05) is 158 Å². The number of nitrogens with zero attached hydrogens (tertiary/aromatic N) is 4. The molecule has 12 aromatic carbocycles. The molecule has 0 bridgehead atoms. The van der Waals surface area contributed by atoms with Crippen molar-refractivity contribution in [1.29, 1.82) is 0 Å². The van der Waals surface area contributed by atoms with Gasteiger partial charge in [0.05, 0.1) is 57.1 Å². The van der Waals surface area contributed by atoms with Crippen LogP contribution >= 0.6 is 0 Å². The molecule has 0 fully saturated rings. The third-order valence-electron chi connectivity index (χ3n) is 14.7. The Morgan fingerprint density at radius 3 is 0.978 bits per heavy atom. The van der Waals surface area contributed by atoms with Crippen LogP contribution in [0.25, 0.3) is 120 Å². The highest BCUT2D eigenvalue weighted by Gasteiger charge is 2.26. The predicted molar refractivity (Wildman–Crippen MR) is 356 cm³/mol. The van der Waals surface area contributed by atoms with Crippen LogP contribution in [0.4, 0.5) is 11.4 Å². The summed E-state index contributed by atoms with van der Waals surface area (Å²) in [4.78, 5) is 59.0. The molecule has 20 nitrogen and oxygen atoms in total. The molecular formula is C68H48N6O14S3. The predicted octanol–water partition coefficient (Wildman–Crippen LogP) is 11.6. The first-order chi connectivity index (χ1) is 43.4. The van der Waals surface area contributed by atoms with E-state index in [1.54, 1.807) is 33.1 Å². The molecule has 0 amide bonds. The summed E-state index contributed by atoms with van der Waals surface area (Å²) in [7, 11) is -10.4. The average molecular weight is 1270 g/mol. The number of hydrogen-bond donors (Lipinski definition) is 4. The fraction of sp³-hybridized carbons (Fsp3) is 0.0294. The summed E-state index contributed by atoms with van der Waals surface area (Å²) in [5, 5.41) is 16.0. The molecule has 91 heavy (non-hydrogen) atoms. The molecule has 452 valence electrons. The van der Waals surface area contributed by atoms with E-state index in [4.69, 9.17) is 43.2 Å². The zero-order chi connectivity index (χ0) is 64.6. The van der Waals surface area contributed by atoms with E-state index in [1.165, 1.54) is 0 Å². The van der Waals surface area contributed by atoms with Gasteiger partial charge in [-0.05, 0) is 109 Å². The molecule has 0 radical (unpaired) electrons. The van der Waals surface area contributed by atoms with Gasteiger partial charge in [-0.15, -0.1) is 12.6 Å². The number of anilines is 2. The maximum absolute atomic E-state index is 13.2. The lowest BCUT2D eigenvalue weighted by Gasteiger charge is -2.14. The molecule has 0 spiro atoms. The van der Waals surface area contributed by atoms with Gasteiger partial charge in [0.1, 0.15) is 11.3 Å². The number of fused-ring (bicyclic) bond motifs is 11. The van der Waals surface area contributed by atoms with Gasteiger partial charge in [0.2, 0.25) is 0 Å². The molecule has 6 N–H and O–H groups in total. The van der Waals surface area contributed by atoms with E-state index in [0.717, 1.165) is 114 Å². The lowest BCUT2D eigenvalue weighted by Crippen LogP contribution is -2.19. The number of pyridine rings is 2. The lowest BCUT2D eigenvalue weighted by molar-refractivity contribution is 0.0390. The topological polar surface area (TPSA) is 324 Å². The van der Waals surface area contributed by atoms with Crippen LogP contribution in [0, 0.1) is 0 Å². The van der Waals surface area contributed by atoms with Crippen molar-refractivity contribution in [2.45, 2.75) is 0 Å². The number of carbonyl (C=O) groups excluding carboxylic acids is 2. The Bertz CT molecular complexity index is 5740. The van der Waals surface area contributed by atoms with Crippen LogP contribution in [-0.2, 0) is 35.6 Å². The minimum atomic E-state index is -3.67. The number of rotatable bonds is 0. The highest BCUT2D eigenvalue weighted by molar-refractivity contribution is 7.85. The number of aromatic nitrogens is 4. The molecule has 0 unspecified atom stereocenters. The third-order valence-corrected chi connectivity index (χ3v) is 14.7. The molecule has 1 aliphatic heterocycles. The molecule has 4 aromatic heterocycles. The fourth-order valence-electron chi connectivity index (χ4n) is 11.1. The van der Waals surface area contributed by atoms with E-state index in [9.17, 15) is 36.0 Å². The van der Waals surface area contributed by atoms with E-state index < -0.39 is 42.8 Å². The Balaban J connectivity index is 0.000000120. The second kappa shape index (κ2) is 24.7. The number of imidazole rings is 2. The highest BCUT2D eigenvalue weighted by atomic mass is 32.2. The van der Waals surface area contributed by atoms with Crippen molar-refractivity contribution in [2.24, 2.45) is 0 Å². The molecule has 23 heteroatoms. The van der Waals surface area contributed by atoms with Crippen LogP contribution in [0.5, 0.6) is 0 Å². The summed E-state index contributed by atoms with van der Waals surface area (Å²) in [5.41, 5.74) is 18.4. The van der Waals surface area contributed by atoms with Crippen LogP contribution in [0.15, 0.2) is 228 Å². The Kier molecular flexibility index (Phi) is 16.6. The molecule has 0 saturated carbocycles. The van der Waals surface area contributed by atoms with Crippen molar-refractivity contribution in [2.75, 3.05) is 24.0 Å². The Morgan fingerprint density at radius 1 is 0.385 bits per heavy atom. The molecule has 16 aromatic rings. The van der Waals surface area contributed by atoms with Gasteiger partial charge < -0.3 is 16.2 Å². The summed E-state index contributed by atoms with van der Waals surface area (Å²) in [5.74, 6) is -1.13. The molecule has 5 heterocycles. The van der Waals surface area contributed by atoms with Gasteiger partial charge in [0, 0.05) is 37.7 Å². The standard InChI is InChI=1S/2C22H12N2O.C12H6O3.C10H10N2.2CH4O3S.O3S/c2*25-22-17-10-4-8-13-7-3-9-16(20(13)17)21-23-18-11-14-5-1-2-6-15(14)12-19(18)24(21)22;13-11-8-5-1-3-7-4-2-6-9(10(7)8)12(14)15-11;11-9-5-7-3-1-2-4-8(7)6-10(9)12;2*1-5(2,3)4;1-4(2)3/h2*1-12H;1-6H;1-6H,11-12H2;2*1H3,(H,2,3,4);. The van der Waals surface area contributed by atoms with Gasteiger partial charge in [-0.3, -0.25) is 27.5 Å². The van der Waals surface area contributed by atoms with Crippen molar-refractivity contribution in [3.63, 3.8) is 0 Å². The molecule has 0 aliphatic carbocycles. The second-order valence-electron chi connectivity index (χ2n) is 20.8. The Labute approximate surface area is 516 Å². The van der Waals surface area contributed by atoms with Gasteiger partial charge in [-0.2, -0.15) is 16.8 Å². The van der Waals surface area contributed by atoms with E-state index in [2.05, 4.69) is 65.4 Å². The summed E-state index contributed by atoms with van der Waals surface area (Å²) >= 11 is 0. The largest absolute Gasteiger partial charge is 0.425 e. The van der Waals surface area contributed by atoms with Crippen LogP contribution in [-0.4, -0.2) is 81.8 Å². The molecule has 17 rings (SSSR count). The van der Waals surface area contributed by atoms with Gasteiger partial charge in [-0.25, -0.2) is 19.6 Å². The number of cyclic esters (lactones) is 2. The molecule has 1 aliphatic rings. The molecule has 0 saturated heterocycles. The number of nitrogens with two attached hydrogens (primary N) is 2. The van der Waals surface area contributed by atoms with Crippen molar-refractivity contribution in [3.8, 4) is 0 Å². The SMILES string of the molecule is CS(=O)(=O)O.CS(=O)(=O)O.Nc1cc2ccccc2cc1N.O=C1OC(=O)c2cccc3cccc1c23.O=S(=O)=O.O=c1c2cccc3cccc(c32)c2nc3cc4ccccc4cc3n12.O=c1c2cccc3cccc(c32)c2nc3cc4ccccc4cc3n12. The van der Waals surface area contributed by atoms with Crippen molar-refractivity contribution in [1.82, 2.24) is 18.8 Å². The minimum absolute atomic E-state index is 0.00270. The number of esters is 2. The summed E-state index contributed by atoms with van der Waals surface area (Å²) in [6.07, 6.45) is 1.43. The van der Waals surface area contributed by atoms with E-state index in [1.807, 2.05) is 133 Å². The maximum atomic E-state index is 13.2. The smallest absolute Gasteiger partial charge is 0.397 e. The van der Waals surface area contributed by atoms with E-state index in [-0.39, 0.29) is 11.1 Å². The summed E-state index contributed by atoms with van der Waals surface area (Å²) in [6.45, 7) is 0. The lowest BCUT2D eigenvalue weighted by atomic mass is 9.97. The van der Waals surface area contributed by atoms with E-state index in [0.29, 0.717) is 40.4 Å². The minimum Gasteiger partial charge on any atom is -0.397 e. The van der Waals surface area contributed by atoms with Crippen LogP contribution < -0.4 is 22.6 Å². The quantitative estimate of drug-likeness (QED) is 0.0474. The maximum Gasteiger partial charge on any atom is 0.425 e. The van der Waals surface area contributed by atoms with Gasteiger partial charge >= 0.3 is 22.5 Å². The van der Waals surface area contributed by atoms with Crippen LogP contribution in [0.1, 0.15) is 20.7 Å². The normalized spacial score (nSPS) is 11.9. The first kappa shape index (κ1) is 61.3. The first-order valence-electron chi connectivity index (χ1n) is 27.3. The molecular weight excluding hydrogens is 1220 g/mol. The Morgan fingerprint density at radius 2 is 0.648 bits per heavy atom. The second-order valence-corrected chi connectivity index (χ2v) is 24.2. The number of nitrogen functional groups attached to an aromatic ring is 2. The average Bonchev–Trinajstić information content (AvgIpc) is 1.63. The van der Waals surface area contributed by atoms with Crippen LogP contribution in [0.3, 0.4) is 0 Å². The zero-order valence-electron chi connectivity index (χ0n) is 47.7. The number of hydrogen-bond acceptors (Lipinski definition) is 16. The van der Waals surface area contributed by atoms with Gasteiger partial charge in [0.25, 0.3) is 31.4 Å². The highest BCUT2D eigenvalue weighted by Crippen LogP contribution is 2.34. The summed E-state index contributed by atoms with van der Waals surface area (Å²) < 4.78 is 85.2.